The van der Waals surface area contributed by atoms with Crippen LogP contribution in [0.1, 0.15) is 30.6 Å². The van der Waals surface area contributed by atoms with Crippen molar-refractivity contribution in [1.82, 2.24) is 14.0 Å². The van der Waals surface area contributed by atoms with Gasteiger partial charge in [0.2, 0.25) is 5.91 Å². The van der Waals surface area contributed by atoms with Gasteiger partial charge in [0.05, 0.1) is 10.9 Å². The van der Waals surface area contributed by atoms with E-state index in [9.17, 15) is 9.59 Å². The van der Waals surface area contributed by atoms with E-state index in [0.717, 1.165) is 26.1 Å². The predicted molar refractivity (Wildman–Crippen MR) is 98.9 cm³/mol. The molecule has 2 N–H and O–H groups in total. The molecule has 1 amide bonds. The molecule has 6 nitrogen and oxygen atoms in total. The normalized spacial score (nSPS) is 11.3. The van der Waals surface area contributed by atoms with Crippen LogP contribution in [-0.4, -0.2) is 39.6 Å². The van der Waals surface area contributed by atoms with Crippen molar-refractivity contribution < 1.29 is 4.79 Å². The molecule has 0 saturated carbocycles. The van der Waals surface area contributed by atoms with E-state index in [2.05, 4.69) is 18.7 Å². The summed E-state index contributed by atoms with van der Waals surface area (Å²) in [5, 5.41) is 0.541. The fourth-order valence-electron chi connectivity index (χ4n) is 2.85. The summed E-state index contributed by atoms with van der Waals surface area (Å²) in [5.41, 5.74) is 6.19. The van der Waals surface area contributed by atoms with E-state index in [1.807, 2.05) is 0 Å². The topological polar surface area (TPSA) is 73.3 Å². The van der Waals surface area contributed by atoms with Crippen molar-refractivity contribution in [2.45, 2.75) is 26.8 Å². The van der Waals surface area contributed by atoms with Gasteiger partial charge in [0.25, 0.3) is 5.56 Å². The summed E-state index contributed by atoms with van der Waals surface area (Å²) in [4.78, 5) is 26.4. The molecular weight excluding hydrogens is 324 g/mol. The van der Waals surface area contributed by atoms with Crippen molar-refractivity contribution in [2.75, 3.05) is 19.6 Å². The van der Waals surface area contributed by atoms with Crippen LogP contribution in [0, 0.1) is 4.77 Å². The molecule has 24 heavy (non-hydrogen) atoms. The maximum absolute atomic E-state index is 12.8. The monoisotopic (exact) mass is 348 g/mol. The van der Waals surface area contributed by atoms with Gasteiger partial charge in [0.1, 0.15) is 0 Å². The number of nitrogens with two attached hydrogens (primary N) is 1. The zero-order chi connectivity index (χ0) is 17.9. The average Bonchev–Trinajstić information content (AvgIpc) is 2.58. The molecule has 0 aliphatic rings. The summed E-state index contributed by atoms with van der Waals surface area (Å²) in [6, 6.07) is 4.85. The Hall–Kier alpha value is -1.99. The van der Waals surface area contributed by atoms with Gasteiger partial charge in [-0.15, -0.1) is 0 Å². The maximum Gasteiger partial charge on any atom is 0.262 e. The molecule has 0 fully saturated rings. The molecule has 0 aliphatic carbocycles. The number of aromatic nitrogens is 2. The molecule has 0 unspecified atom stereocenters. The Kier molecular flexibility index (Phi) is 5.90. The maximum atomic E-state index is 12.8. The molecule has 1 aromatic heterocycles. The largest absolute Gasteiger partial charge is 0.366 e. The van der Waals surface area contributed by atoms with Crippen LogP contribution in [0.4, 0.5) is 0 Å². The molecule has 0 saturated heterocycles. The minimum absolute atomic E-state index is 0.122. The highest BCUT2D eigenvalue weighted by Crippen LogP contribution is 2.13. The van der Waals surface area contributed by atoms with Crippen molar-refractivity contribution in [3.63, 3.8) is 0 Å². The molecule has 2 rings (SSSR count). The number of primary amides is 1. The predicted octanol–water partition coefficient (Wildman–Crippen LogP) is 1.90. The van der Waals surface area contributed by atoms with Gasteiger partial charge in [-0.05, 0) is 56.5 Å². The number of hydrogen-bond donors (Lipinski definition) is 1. The van der Waals surface area contributed by atoms with Gasteiger partial charge in [-0.1, -0.05) is 13.8 Å². The fraction of sp³-hybridized carbons (Fsp3) is 0.471. The number of benzene rings is 1. The molecule has 7 heteroatoms. The van der Waals surface area contributed by atoms with Crippen LogP contribution in [0.25, 0.3) is 10.9 Å². The highest BCUT2D eigenvalue weighted by molar-refractivity contribution is 7.71. The highest BCUT2D eigenvalue weighted by Gasteiger charge is 2.11. The van der Waals surface area contributed by atoms with E-state index in [1.54, 1.807) is 34.4 Å². The Morgan fingerprint density at radius 1 is 1.29 bits per heavy atom. The zero-order valence-electron chi connectivity index (χ0n) is 14.4. The summed E-state index contributed by atoms with van der Waals surface area (Å²) >= 11 is 5.45. The van der Waals surface area contributed by atoms with Crippen molar-refractivity contribution in [1.29, 1.82) is 0 Å². The van der Waals surface area contributed by atoms with Crippen LogP contribution in [0.15, 0.2) is 23.0 Å². The van der Waals surface area contributed by atoms with E-state index in [1.165, 1.54) is 0 Å². The van der Waals surface area contributed by atoms with E-state index in [-0.39, 0.29) is 5.56 Å². The van der Waals surface area contributed by atoms with Gasteiger partial charge in [-0.2, -0.15) is 0 Å². The summed E-state index contributed by atoms with van der Waals surface area (Å²) in [5.74, 6) is -0.522. The Labute approximate surface area is 146 Å². The Bertz CT molecular complexity index is 865. The van der Waals surface area contributed by atoms with Crippen molar-refractivity contribution in [3.05, 3.63) is 38.9 Å². The van der Waals surface area contributed by atoms with E-state index >= 15 is 0 Å². The lowest BCUT2D eigenvalue weighted by molar-refractivity contribution is 0.100. The third kappa shape index (κ3) is 3.57. The highest BCUT2D eigenvalue weighted by atomic mass is 32.1. The number of carbonyl (C=O) groups is 1. The van der Waals surface area contributed by atoms with E-state index in [0.29, 0.717) is 27.8 Å². The Morgan fingerprint density at radius 3 is 2.54 bits per heavy atom. The smallest absolute Gasteiger partial charge is 0.262 e. The summed E-state index contributed by atoms with van der Waals surface area (Å²) in [6.07, 6.45) is 0.857. The SMILES string of the molecule is CCN(CC)CCCn1c(=O)c2ccc(C(N)=O)cc2n(C)c1=S. The molecule has 0 radical (unpaired) electrons. The van der Waals surface area contributed by atoms with Crippen molar-refractivity contribution >= 4 is 29.0 Å². The summed E-state index contributed by atoms with van der Waals surface area (Å²) < 4.78 is 3.84. The minimum atomic E-state index is -0.522. The second-order valence-electron chi connectivity index (χ2n) is 5.77. The molecule has 0 bridgehead atoms. The number of carbonyl (C=O) groups excluding carboxylic acids is 1. The number of aryl methyl sites for hydroxylation is 1. The van der Waals surface area contributed by atoms with Gasteiger partial charge in [-0.3, -0.25) is 14.2 Å². The van der Waals surface area contributed by atoms with Gasteiger partial charge >= 0.3 is 0 Å². The van der Waals surface area contributed by atoms with Crippen LogP contribution < -0.4 is 11.3 Å². The molecule has 1 aromatic carbocycles. The van der Waals surface area contributed by atoms with Crippen LogP contribution in [-0.2, 0) is 13.6 Å². The third-order valence-electron chi connectivity index (χ3n) is 4.39. The number of rotatable bonds is 7. The number of amides is 1. The first-order chi connectivity index (χ1) is 11.4. The lowest BCUT2D eigenvalue weighted by Crippen LogP contribution is -2.29. The second kappa shape index (κ2) is 7.72. The lowest BCUT2D eigenvalue weighted by Gasteiger charge is -2.18. The van der Waals surface area contributed by atoms with Gasteiger partial charge in [0, 0.05) is 19.2 Å². The molecule has 0 aliphatic heterocycles. The van der Waals surface area contributed by atoms with E-state index < -0.39 is 5.91 Å². The first kappa shape index (κ1) is 18.4. The number of hydrogen-bond acceptors (Lipinski definition) is 4. The van der Waals surface area contributed by atoms with Gasteiger partial charge in [0.15, 0.2) is 4.77 Å². The minimum Gasteiger partial charge on any atom is -0.366 e. The van der Waals surface area contributed by atoms with E-state index in [4.69, 9.17) is 18.0 Å². The summed E-state index contributed by atoms with van der Waals surface area (Å²) in [6.45, 7) is 7.74. The van der Waals surface area contributed by atoms with Gasteiger partial charge < -0.3 is 15.2 Å². The Balaban J connectivity index is 2.42. The molecular formula is C17H24N4O2S. The summed E-state index contributed by atoms with van der Waals surface area (Å²) in [7, 11) is 1.80. The molecule has 130 valence electrons. The van der Waals surface area contributed by atoms with Crippen molar-refractivity contribution in [2.24, 2.45) is 12.8 Å². The van der Waals surface area contributed by atoms with Crippen LogP contribution in [0.3, 0.4) is 0 Å². The van der Waals surface area contributed by atoms with Crippen LogP contribution >= 0.6 is 12.2 Å². The molecule has 1 heterocycles. The fourth-order valence-corrected chi connectivity index (χ4v) is 3.12. The first-order valence-corrected chi connectivity index (χ1v) is 8.57. The molecule has 0 atom stereocenters. The first-order valence-electron chi connectivity index (χ1n) is 8.16. The standard InChI is InChI=1S/C17H24N4O2S/c1-4-20(5-2)9-6-10-21-16(23)13-8-7-12(15(18)22)11-14(13)19(3)17(21)24/h7-8,11H,4-6,9-10H2,1-3H3,(H2,18,22). The third-order valence-corrected chi connectivity index (χ3v) is 4.88. The number of fused-ring (bicyclic) bond motifs is 1. The average molecular weight is 348 g/mol. The van der Waals surface area contributed by atoms with Gasteiger partial charge in [-0.25, -0.2) is 0 Å². The quantitative estimate of drug-likeness (QED) is 0.776. The van der Waals surface area contributed by atoms with Crippen LogP contribution in [0.5, 0.6) is 0 Å². The molecule has 2 aromatic rings. The van der Waals surface area contributed by atoms with Crippen molar-refractivity contribution in [3.8, 4) is 0 Å². The zero-order valence-corrected chi connectivity index (χ0v) is 15.2. The van der Waals surface area contributed by atoms with Crippen LogP contribution in [0.2, 0.25) is 0 Å². The molecule has 0 spiro atoms. The number of nitrogens with zero attached hydrogens (tertiary/aromatic N) is 3. The second-order valence-corrected chi connectivity index (χ2v) is 6.14. The lowest BCUT2D eigenvalue weighted by atomic mass is 10.1. The Morgan fingerprint density at radius 2 is 1.96 bits per heavy atom.